The van der Waals surface area contributed by atoms with Gasteiger partial charge in [0.1, 0.15) is 0 Å². The van der Waals surface area contributed by atoms with E-state index in [4.69, 9.17) is 16.3 Å². The Labute approximate surface area is 165 Å². The van der Waals surface area contributed by atoms with E-state index in [0.717, 1.165) is 24.2 Å². The van der Waals surface area contributed by atoms with E-state index in [9.17, 15) is 8.42 Å². The summed E-state index contributed by atoms with van der Waals surface area (Å²) >= 11 is 6.14. The van der Waals surface area contributed by atoms with Crippen molar-refractivity contribution in [3.05, 3.63) is 76.2 Å². The standard InChI is InChI=1S/C20H23ClN2O3S/c21-19-8-4-7-18(15-19)20(23-10-12-26-13-11-23)16-22-27(24,25)14-9-17-5-2-1-3-6-17/h1-9,14-15,20,22H,10-13,16H2/b14-9+. The van der Waals surface area contributed by atoms with Crippen molar-refractivity contribution in [2.24, 2.45) is 0 Å². The third-order valence-electron chi connectivity index (χ3n) is 4.44. The van der Waals surface area contributed by atoms with Gasteiger partial charge >= 0.3 is 0 Å². The van der Waals surface area contributed by atoms with Gasteiger partial charge in [0.25, 0.3) is 0 Å². The van der Waals surface area contributed by atoms with Crippen LogP contribution in [0, 0.1) is 0 Å². The predicted octanol–water partition coefficient (Wildman–Crippen LogP) is 3.30. The Kier molecular flexibility index (Phi) is 7.04. The molecule has 1 aliphatic rings. The molecule has 0 saturated carbocycles. The van der Waals surface area contributed by atoms with Crippen molar-refractivity contribution < 1.29 is 13.2 Å². The molecule has 1 atom stereocenters. The van der Waals surface area contributed by atoms with Gasteiger partial charge in [-0.15, -0.1) is 0 Å². The highest BCUT2D eigenvalue weighted by Gasteiger charge is 2.24. The molecule has 144 valence electrons. The van der Waals surface area contributed by atoms with Gasteiger partial charge in [0.05, 0.1) is 13.2 Å². The van der Waals surface area contributed by atoms with Crippen LogP contribution in [0.25, 0.3) is 6.08 Å². The molecule has 2 aromatic carbocycles. The minimum atomic E-state index is -3.55. The first kappa shape index (κ1) is 20.0. The van der Waals surface area contributed by atoms with Gasteiger partial charge in [-0.25, -0.2) is 13.1 Å². The topological polar surface area (TPSA) is 58.6 Å². The van der Waals surface area contributed by atoms with E-state index in [1.165, 1.54) is 5.41 Å². The number of morpholine rings is 1. The molecule has 0 bridgehead atoms. The third-order valence-corrected chi connectivity index (χ3v) is 5.74. The summed E-state index contributed by atoms with van der Waals surface area (Å²) in [5, 5.41) is 1.84. The van der Waals surface area contributed by atoms with E-state index < -0.39 is 10.0 Å². The highest BCUT2D eigenvalue weighted by atomic mass is 35.5. The highest BCUT2D eigenvalue weighted by Crippen LogP contribution is 2.24. The van der Waals surface area contributed by atoms with Crippen molar-refractivity contribution in [2.45, 2.75) is 6.04 Å². The number of nitrogens with zero attached hydrogens (tertiary/aromatic N) is 1. The van der Waals surface area contributed by atoms with Crippen LogP contribution in [0.4, 0.5) is 0 Å². The second kappa shape index (κ2) is 9.48. The number of hydrogen-bond acceptors (Lipinski definition) is 4. The summed E-state index contributed by atoms with van der Waals surface area (Å²) in [6.07, 6.45) is 1.59. The zero-order valence-electron chi connectivity index (χ0n) is 14.9. The molecule has 27 heavy (non-hydrogen) atoms. The van der Waals surface area contributed by atoms with Crippen LogP contribution in [0.3, 0.4) is 0 Å². The Morgan fingerprint density at radius 2 is 1.85 bits per heavy atom. The van der Waals surface area contributed by atoms with E-state index in [1.807, 2.05) is 54.6 Å². The number of rotatable bonds is 7. The Balaban J connectivity index is 1.72. The predicted molar refractivity (Wildman–Crippen MR) is 109 cm³/mol. The van der Waals surface area contributed by atoms with Gasteiger partial charge in [-0.1, -0.05) is 54.1 Å². The monoisotopic (exact) mass is 406 g/mol. The zero-order chi connectivity index (χ0) is 19.1. The lowest BCUT2D eigenvalue weighted by Gasteiger charge is -2.34. The minimum Gasteiger partial charge on any atom is -0.379 e. The molecule has 1 N–H and O–H groups in total. The number of sulfonamides is 1. The number of ether oxygens (including phenoxy) is 1. The summed E-state index contributed by atoms with van der Waals surface area (Å²) in [6.45, 7) is 3.04. The number of hydrogen-bond donors (Lipinski definition) is 1. The van der Waals surface area contributed by atoms with Crippen molar-refractivity contribution in [1.29, 1.82) is 0 Å². The number of nitrogens with one attached hydrogen (secondary N) is 1. The molecule has 2 aromatic rings. The van der Waals surface area contributed by atoms with Gasteiger partial charge in [-0.05, 0) is 29.3 Å². The molecule has 1 saturated heterocycles. The molecule has 1 fully saturated rings. The first-order valence-electron chi connectivity index (χ1n) is 8.83. The van der Waals surface area contributed by atoms with Crippen LogP contribution < -0.4 is 4.72 Å². The summed E-state index contributed by atoms with van der Waals surface area (Å²) in [6, 6.07) is 16.8. The van der Waals surface area contributed by atoms with Gasteiger partial charge in [0, 0.05) is 36.1 Å². The Hall–Kier alpha value is -1.70. The molecule has 3 rings (SSSR count). The maximum Gasteiger partial charge on any atom is 0.233 e. The molecule has 1 unspecified atom stereocenters. The zero-order valence-corrected chi connectivity index (χ0v) is 16.5. The second-order valence-corrected chi connectivity index (χ2v) is 8.41. The van der Waals surface area contributed by atoms with Crippen molar-refractivity contribution >= 4 is 27.7 Å². The van der Waals surface area contributed by atoms with Crippen LogP contribution >= 0.6 is 11.6 Å². The lowest BCUT2D eigenvalue weighted by atomic mass is 10.1. The van der Waals surface area contributed by atoms with Gasteiger partial charge in [-0.2, -0.15) is 0 Å². The number of halogens is 1. The fourth-order valence-electron chi connectivity index (χ4n) is 3.04. The van der Waals surface area contributed by atoms with E-state index in [0.29, 0.717) is 18.2 Å². The molecule has 0 aromatic heterocycles. The average Bonchev–Trinajstić information content (AvgIpc) is 2.68. The summed E-state index contributed by atoms with van der Waals surface area (Å²) in [5.74, 6) is 0. The fourth-order valence-corrected chi connectivity index (χ4v) is 4.06. The van der Waals surface area contributed by atoms with Crippen LogP contribution in [0.15, 0.2) is 60.0 Å². The van der Waals surface area contributed by atoms with Gasteiger partial charge in [-0.3, -0.25) is 4.90 Å². The van der Waals surface area contributed by atoms with E-state index >= 15 is 0 Å². The molecule has 5 nitrogen and oxygen atoms in total. The van der Waals surface area contributed by atoms with Gasteiger partial charge in [0.15, 0.2) is 0 Å². The quantitative estimate of drug-likeness (QED) is 0.766. The highest BCUT2D eigenvalue weighted by molar-refractivity contribution is 7.92. The molecule has 0 radical (unpaired) electrons. The summed E-state index contributed by atoms with van der Waals surface area (Å²) in [5.41, 5.74) is 1.82. The normalized spacial score (nSPS) is 17.2. The van der Waals surface area contributed by atoms with Crippen LogP contribution in [-0.4, -0.2) is 46.2 Å². The molecule has 0 spiro atoms. The van der Waals surface area contributed by atoms with E-state index in [-0.39, 0.29) is 12.6 Å². The lowest BCUT2D eigenvalue weighted by Crippen LogP contribution is -2.43. The Morgan fingerprint density at radius 3 is 2.56 bits per heavy atom. The minimum absolute atomic E-state index is 0.104. The fraction of sp³-hybridized carbons (Fsp3) is 0.300. The maximum atomic E-state index is 12.4. The first-order valence-corrected chi connectivity index (χ1v) is 10.8. The molecule has 7 heteroatoms. The van der Waals surface area contributed by atoms with Gasteiger partial charge in [0.2, 0.25) is 10.0 Å². The second-order valence-electron chi connectivity index (χ2n) is 6.33. The molecule has 1 heterocycles. The Bertz CT molecular complexity index is 866. The van der Waals surface area contributed by atoms with Gasteiger partial charge < -0.3 is 4.74 Å². The summed E-state index contributed by atoms with van der Waals surface area (Å²) < 4.78 is 33.0. The third kappa shape index (κ3) is 6.16. The molecular formula is C20H23ClN2O3S. The van der Waals surface area contributed by atoms with Crippen molar-refractivity contribution in [3.8, 4) is 0 Å². The van der Waals surface area contributed by atoms with E-state index in [1.54, 1.807) is 6.08 Å². The lowest BCUT2D eigenvalue weighted by molar-refractivity contribution is 0.0172. The Morgan fingerprint density at radius 1 is 1.11 bits per heavy atom. The summed E-state index contributed by atoms with van der Waals surface area (Å²) in [4.78, 5) is 2.22. The number of benzene rings is 2. The maximum absolute atomic E-state index is 12.4. The average molecular weight is 407 g/mol. The smallest absolute Gasteiger partial charge is 0.233 e. The molecule has 0 amide bonds. The summed E-state index contributed by atoms with van der Waals surface area (Å²) in [7, 11) is -3.55. The first-order chi connectivity index (χ1) is 13.0. The largest absolute Gasteiger partial charge is 0.379 e. The van der Waals surface area contributed by atoms with Crippen molar-refractivity contribution in [2.75, 3.05) is 32.8 Å². The molecular weight excluding hydrogens is 384 g/mol. The van der Waals surface area contributed by atoms with Crippen molar-refractivity contribution in [3.63, 3.8) is 0 Å². The van der Waals surface area contributed by atoms with Crippen molar-refractivity contribution in [1.82, 2.24) is 9.62 Å². The van der Waals surface area contributed by atoms with Crippen LogP contribution in [-0.2, 0) is 14.8 Å². The SMILES string of the molecule is O=S(=O)(/C=C/c1ccccc1)NCC(c1cccc(Cl)c1)N1CCOCC1. The molecule has 1 aliphatic heterocycles. The van der Waals surface area contributed by atoms with E-state index in [2.05, 4.69) is 9.62 Å². The van der Waals surface area contributed by atoms with Crippen LogP contribution in [0.1, 0.15) is 17.2 Å². The van der Waals surface area contributed by atoms with Crippen LogP contribution in [0.2, 0.25) is 5.02 Å². The molecule has 0 aliphatic carbocycles. The van der Waals surface area contributed by atoms with Crippen LogP contribution in [0.5, 0.6) is 0 Å².